The number of nitrogens with one attached hydrogen (secondary N) is 2. The second kappa shape index (κ2) is 10.7. The Hall–Kier alpha value is -5.00. The van der Waals surface area contributed by atoms with E-state index in [9.17, 15) is 19.7 Å². The van der Waals surface area contributed by atoms with Crippen LogP contribution in [0.2, 0.25) is 0 Å². The van der Waals surface area contributed by atoms with Gasteiger partial charge in [-0.1, -0.05) is 12.1 Å². The highest BCUT2D eigenvalue weighted by atomic mass is 16.6. The zero-order chi connectivity index (χ0) is 26.5. The van der Waals surface area contributed by atoms with E-state index in [0.29, 0.717) is 23.5 Å². The maximum Gasteiger partial charge on any atom is 0.276 e. The lowest BCUT2D eigenvalue weighted by atomic mass is 10.1. The Morgan fingerprint density at radius 2 is 1.73 bits per heavy atom. The molecule has 4 rings (SSSR count). The first-order valence-electron chi connectivity index (χ1n) is 11.4. The summed E-state index contributed by atoms with van der Waals surface area (Å²) < 4.78 is 8.84. The summed E-state index contributed by atoms with van der Waals surface area (Å²) in [5.41, 5.74) is 2.91. The third-order valence-electron chi connectivity index (χ3n) is 5.73. The van der Waals surface area contributed by atoms with Crippen molar-refractivity contribution in [1.82, 2.24) is 19.6 Å². The molecule has 2 heterocycles. The van der Waals surface area contributed by atoms with E-state index in [1.54, 1.807) is 42.2 Å². The van der Waals surface area contributed by atoms with Crippen LogP contribution in [0.15, 0.2) is 60.9 Å². The number of aromatic nitrogens is 4. The molecule has 0 aliphatic rings. The molecule has 4 aromatic rings. The average Bonchev–Trinajstić information content (AvgIpc) is 3.45. The minimum absolute atomic E-state index is 0.0268. The molecule has 0 aliphatic carbocycles. The van der Waals surface area contributed by atoms with Gasteiger partial charge in [0.2, 0.25) is 0 Å². The number of benzene rings is 2. The Morgan fingerprint density at radius 3 is 2.38 bits per heavy atom. The summed E-state index contributed by atoms with van der Waals surface area (Å²) in [5.74, 6) is -0.373. The fourth-order valence-corrected chi connectivity index (χ4v) is 3.59. The van der Waals surface area contributed by atoms with Crippen molar-refractivity contribution in [3.05, 3.63) is 93.6 Å². The van der Waals surface area contributed by atoms with Gasteiger partial charge in [-0.15, -0.1) is 0 Å². The fraction of sp³-hybridized carbons (Fsp3) is 0.200. The van der Waals surface area contributed by atoms with Gasteiger partial charge in [-0.3, -0.25) is 29.1 Å². The van der Waals surface area contributed by atoms with Gasteiger partial charge >= 0.3 is 0 Å². The van der Waals surface area contributed by atoms with Crippen molar-refractivity contribution in [2.24, 2.45) is 7.05 Å². The Morgan fingerprint density at radius 1 is 1.03 bits per heavy atom. The molecule has 190 valence electrons. The van der Waals surface area contributed by atoms with Crippen LogP contribution < -0.4 is 15.4 Å². The first kappa shape index (κ1) is 25.1. The van der Waals surface area contributed by atoms with Gasteiger partial charge < -0.3 is 15.4 Å². The number of ether oxygens (including phenoxy) is 1. The van der Waals surface area contributed by atoms with E-state index in [1.807, 2.05) is 13.8 Å². The summed E-state index contributed by atoms with van der Waals surface area (Å²) in [6.07, 6.45) is 3.00. The van der Waals surface area contributed by atoms with E-state index in [0.717, 1.165) is 11.3 Å². The predicted molar refractivity (Wildman–Crippen MR) is 136 cm³/mol. The Labute approximate surface area is 212 Å². The van der Waals surface area contributed by atoms with Gasteiger partial charge in [0.1, 0.15) is 18.1 Å². The maximum absolute atomic E-state index is 13.1. The lowest BCUT2D eigenvalue weighted by Crippen LogP contribution is -2.21. The second-order valence-electron chi connectivity index (χ2n) is 8.14. The van der Waals surface area contributed by atoms with Gasteiger partial charge in [-0.05, 0) is 43.7 Å². The molecule has 0 radical (unpaired) electrons. The number of hydrogen-bond donors (Lipinski definition) is 2. The van der Waals surface area contributed by atoms with E-state index in [1.165, 1.54) is 35.1 Å². The Bertz CT molecular complexity index is 1460. The van der Waals surface area contributed by atoms with Crippen molar-refractivity contribution in [3.8, 4) is 5.75 Å². The first-order valence-corrected chi connectivity index (χ1v) is 11.4. The zero-order valence-corrected chi connectivity index (χ0v) is 20.5. The molecule has 0 bridgehead atoms. The van der Waals surface area contributed by atoms with Crippen LogP contribution in [-0.4, -0.2) is 36.3 Å². The molecule has 2 aromatic heterocycles. The van der Waals surface area contributed by atoms with E-state index >= 15 is 0 Å². The summed E-state index contributed by atoms with van der Waals surface area (Å²) in [5, 5.41) is 24.8. The van der Waals surface area contributed by atoms with Crippen molar-refractivity contribution < 1.29 is 19.2 Å². The predicted octanol–water partition coefficient (Wildman–Crippen LogP) is 3.94. The molecule has 0 atom stereocenters. The minimum Gasteiger partial charge on any atom is -0.489 e. The third kappa shape index (κ3) is 5.64. The number of non-ortho nitro benzene ring substituents is 1. The molecule has 0 fully saturated rings. The van der Waals surface area contributed by atoms with Gasteiger partial charge in [-0.2, -0.15) is 10.2 Å². The summed E-state index contributed by atoms with van der Waals surface area (Å²) in [6, 6.07) is 12.6. The molecule has 0 saturated carbocycles. The number of carbonyl (C=O) groups excluding carboxylic acids is 2. The van der Waals surface area contributed by atoms with E-state index in [-0.39, 0.29) is 23.7 Å². The number of rotatable bonds is 9. The summed E-state index contributed by atoms with van der Waals surface area (Å²) in [6.45, 7) is 4.27. The number of nitro groups is 1. The first-order chi connectivity index (χ1) is 17.8. The number of carbonyl (C=O) groups is 2. The van der Waals surface area contributed by atoms with Crippen LogP contribution in [0.1, 0.15) is 39.0 Å². The molecule has 37 heavy (non-hydrogen) atoms. The smallest absolute Gasteiger partial charge is 0.276 e. The van der Waals surface area contributed by atoms with Crippen LogP contribution in [0.25, 0.3) is 0 Å². The molecule has 12 heteroatoms. The lowest BCUT2D eigenvalue weighted by molar-refractivity contribution is -0.384. The van der Waals surface area contributed by atoms with Gasteiger partial charge in [0.05, 0.1) is 34.4 Å². The summed E-state index contributed by atoms with van der Waals surface area (Å²) >= 11 is 0. The summed E-state index contributed by atoms with van der Waals surface area (Å²) in [7, 11) is 1.78. The molecular weight excluding hydrogens is 478 g/mol. The number of nitro benzene ring substituents is 1. The largest absolute Gasteiger partial charge is 0.489 e. The van der Waals surface area contributed by atoms with Crippen LogP contribution in [0.3, 0.4) is 0 Å². The maximum atomic E-state index is 13.1. The average molecular weight is 504 g/mol. The van der Waals surface area contributed by atoms with E-state index in [2.05, 4.69) is 20.8 Å². The number of nitrogens with zero attached hydrogens (tertiary/aromatic N) is 5. The number of aryl methyl sites for hydroxylation is 2. The molecule has 2 N–H and O–H groups in total. The molecule has 0 aliphatic heterocycles. The van der Waals surface area contributed by atoms with Crippen molar-refractivity contribution in [2.45, 2.75) is 27.0 Å². The highest BCUT2D eigenvalue weighted by Crippen LogP contribution is 2.21. The van der Waals surface area contributed by atoms with Crippen LogP contribution in [-0.2, 0) is 20.2 Å². The SMILES string of the molecule is CCn1ncc(NC(=O)c2cccc(COc3ccc([N+](=O)[O-])cc3)c2)c1C(=O)Nc1cnn(C)c1C. The quantitative estimate of drug-likeness (QED) is 0.260. The van der Waals surface area contributed by atoms with Crippen molar-refractivity contribution >= 4 is 28.9 Å². The van der Waals surface area contributed by atoms with Crippen LogP contribution in [0, 0.1) is 17.0 Å². The summed E-state index contributed by atoms with van der Waals surface area (Å²) in [4.78, 5) is 36.4. The fourth-order valence-electron chi connectivity index (χ4n) is 3.59. The zero-order valence-electron chi connectivity index (χ0n) is 20.5. The number of anilines is 2. The lowest BCUT2D eigenvalue weighted by Gasteiger charge is -2.11. The number of hydrogen-bond acceptors (Lipinski definition) is 7. The van der Waals surface area contributed by atoms with Crippen molar-refractivity contribution in [2.75, 3.05) is 10.6 Å². The van der Waals surface area contributed by atoms with Crippen LogP contribution in [0.4, 0.5) is 17.1 Å². The highest BCUT2D eigenvalue weighted by molar-refractivity contribution is 6.11. The standard InChI is InChI=1S/C25H25N7O5/c1-4-31-23(25(34)28-21-13-26-30(3)16(21)2)22(14-27-31)29-24(33)18-7-5-6-17(12-18)15-37-20-10-8-19(9-11-20)32(35)36/h5-14H,4,15H2,1-3H3,(H,28,34)(H,29,33). The molecule has 0 saturated heterocycles. The van der Waals surface area contributed by atoms with Crippen molar-refractivity contribution in [1.29, 1.82) is 0 Å². The molecule has 12 nitrogen and oxygen atoms in total. The van der Waals surface area contributed by atoms with Crippen molar-refractivity contribution in [3.63, 3.8) is 0 Å². The second-order valence-corrected chi connectivity index (χ2v) is 8.14. The molecule has 2 amide bonds. The third-order valence-corrected chi connectivity index (χ3v) is 5.73. The molecule has 0 spiro atoms. The van der Waals surface area contributed by atoms with Gasteiger partial charge in [0.15, 0.2) is 0 Å². The van der Waals surface area contributed by atoms with Crippen LogP contribution >= 0.6 is 0 Å². The van der Waals surface area contributed by atoms with Crippen LogP contribution in [0.5, 0.6) is 5.75 Å². The highest BCUT2D eigenvalue weighted by Gasteiger charge is 2.21. The van der Waals surface area contributed by atoms with Gasteiger partial charge in [0.25, 0.3) is 17.5 Å². The minimum atomic E-state index is -0.481. The Kier molecular flexibility index (Phi) is 7.28. The monoisotopic (exact) mass is 503 g/mol. The van der Waals surface area contributed by atoms with Gasteiger partial charge in [0, 0.05) is 31.3 Å². The molecule has 0 unspecified atom stereocenters. The number of amides is 2. The molecular formula is C25H25N7O5. The molecule has 2 aromatic carbocycles. The normalized spacial score (nSPS) is 10.7. The van der Waals surface area contributed by atoms with Gasteiger partial charge in [-0.25, -0.2) is 0 Å². The topological polar surface area (TPSA) is 146 Å². The van der Waals surface area contributed by atoms with E-state index in [4.69, 9.17) is 4.74 Å². The van der Waals surface area contributed by atoms with E-state index < -0.39 is 16.7 Å². The Balaban J connectivity index is 1.46.